The molecule has 2 rings (SSSR count). The van der Waals surface area contributed by atoms with Crippen LogP contribution in [0.5, 0.6) is 0 Å². The third-order valence-electron chi connectivity index (χ3n) is 4.46. The summed E-state index contributed by atoms with van der Waals surface area (Å²) in [5.41, 5.74) is 4.04. The maximum Gasteiger partial charge on any atom is 0.305 e. The van der Waals surface area contributed by atoms with Crippen molar-refractivity contribution in [2.75, 3.05) is 7.11 Å². The number of rotatable bonds is 7. The number of esters is 1. The lowest BCUT2D eigenvalue weighted by atomic mass is 9.79. The van der Waals surface area contributed by atoms with Gasteiger partial charge in [0.25, 0.3) is 0 Å². The molecule has 0 aliphatic rings. The van der Waals surface area contributed by atoms with Gasteiger partial charge in [-0.05, 0) is 41.4 Å². The molecule has 23 heavy (non-hydrogen) atoms. The summed E-state index contributed by atoms with van der Waals surface area (Å²) in [4.78, 5) is 11.2. The Balaban J connectivity index is 1.95. The molecule has 0 fully saturated rings. The highest BCUT2D eigenvalue weighted by Crippen LogP contribution is 2.29. The zero-order valence-electron chi connectivity index (χ0n) is 14.3. The third kappa shape index (κ3) is 5.24. The Bertz CT molecular complexity index is 612. The van der Waals surface area contributed by atoms with E-state index >= 15 is 0 Å². The molecular weight excluding hydrogens is 284 g/mol. The molecule has 0 saturated heterocycles. The van der Waals surface area contributed by atoms with E-state index in [2.05, 4.69) is 73.2 Å². The van der Waals surface area contributed by atoms with Crippen LogP contribution >= 0.6 is 0 Å². The van der Waals surface area contributed by atoms with Crippen molar-refractivity contribution in [3.63, 3.8) is 0 Å². The van der Waals surface area contributed by atoms with Crippen LogP contribution in [0.3, 0.4) is 0 Å². The van der Waals surface area contributed by atoms with Crippen LogP contribution in [0.2, 0.25) is 0 Å². The van der Waals surface area contributed by atoms with Gasteiger partial charge < -0.3 is 4.74 Å². The first-order valence-corrected chi connectivity index (χ1v) is 8.21. The SMILES string of the molecule is COC(=O)CCc1ccc(C(C)(C)CCc2ccccc2)cc1. The number of carbonyl (C=O) groups is 1. The number of methoxy groups -OCH3 is 1. The molecule has 2 aromatic rings. The fourth-order valence-corrected chi connectivity index (χ4v) is 2.72. The van der Waals surface area contributed by atoms with Gasteiger partial charge in [0, 0.05) is 6.42 Å². The van der Waals surface area contributed by atoms with Gasteiger partial charge in [0.15, 0.2) is 0 Å². The molecule has 0 N–H and O–H groups in total. The van der Waals surface area contributed by atoms with Crippen LogP contribution in [0.4, 0.5) is 0 Å². The normalized spacial score (nSPS) is 11.3. The molecular formula is C21H26O2. The maximum atomic E-state index is 11.2. The van der Waals surface area contributed by atoms with Crippen molar-refractivity contribution in [2.24, 2.45) is 0 Å². The van der Waals surface area contributed by atoms with Crippen LogP contribution < -0.4 is 0 Å². The maximum absolute atomic E-state index is 11.2. The Morgan fingerprint density at radius 1 is 0.913 bits per heavy atom. The van der Waals surface area contributed by atoms with Crippen LogP contribution in [0.15, 0.2) is 54.6 Å². The summed E-state index contributed by atoms with van der Waals surface area (Å²) < 4.78 is 4.68. The lowest BCUT2D eigenvalue weighted by Crippen LogP contribution is -2.18. The Hall–Kier alpha value is -2.09. The lowest BCUT2D eigenvalue weighted by molar-refractivity contribution is -0.140. The van der Waals surface area contributed by atoms with Gasteiger partial charge in [0.05, 0.1) is 7.11 Å². The minimum absolute atomic E-state index is 0.136. The van der Waals surface area contributed by atoms with Crippen LogP contribution in [-0.4, -0.2) is 13.1 Å². The van der Waals surface area contributed by atoms with Crippen molar-refractivity contribution < 1.29 is 9.53 Å². The Morgan fingerprint density at radius 2 is 1.52 bits per heavy atom. The Labute approximate surface area is 139 Å². The van der Waals surface area contributed by atoms with Gasteiger partial charge in [-0.3, -0.25) is 4.79 Å². The van der Waals surface area contributed by atoms with Crippen molar-refractivity contribution in [1.82, 2.24) is 0 Å². The highest BCUT2D eigenvalue weighted by molar-refractivity contribution is 5.69. The smallest absolute Gasteiger partial charge is 0.305 e. The van der Waals surface area contributed by atoms with Crippen LogP contribution in [0.1, 0.15) is 43.4 Å². The number of aryl methyl sites for hydroxylation is 2. The van der Waals surface area contributed by atoms with E-state index in [1.165, 1.54) is 23.8 Å². The van der Waals surface area contributed by atoms with Gasteiger partial charge in [0.1, 0.15) is 0 Å². The minimum Gasteiger partial charge on any atom is -0.469 e. The zero-order chi connectivity index (χ0) is 16.7. The summed E-state index contributed by atoms with van der Waals surface area (Å²) in [6, 6.07) is 19.3. The standard InChI is InChI=1S/C21H26O2/c1-21(2,16-15-17-7-5-4-6-8-17)19-12-9-18(10-13-19)11-14-20(22)23-3/h4-10,12-13H,11,14-16H2,1-3H3. The summed E-state index contributed by atoms with van der Waals surface area (Å²) in [5.74, 6) is -0.155. The van der Waals surface area contributed by atoms with Crippen molar-refractivity contribution in [2.45, 2.75) is 44.9 Å². The van der Waals surface area contributed by atoms with Crippen molar-refractivity contribution in [1.29, 1.82) is 0 Å². The molecule has 0 aliphatic carbocycles. The average molecular weight is 310 g/mol. The predicted molar refractivity (Wildman–Crippen MR) is 94.6 cm³/mol. The summed E-state index contributed by atoms with van der Waals surface area (Å²) in [7, 11) is 1.43. The third-order valence-corrected chi connectivity index (χ3v) is 4.46. The van der Waals surface area contributed by atoms with Gasteiger partial charge in [-0.2, -0.15) is 0 Å². The summed E-state index contributed by atoms with van der Waals surface area (Å²) in [6.07, 6.45) is 3.36. The second-order valence-electron chi connectivity index (χ2n) is 6.64. The molecule has 0 heterocycles. The number of benzene rings is 2. The molecule has 0 amide bonds. The molecule has 0 radical (unpaired) electrons. The molecule has 2 heteroatoms. The molecule has 2 aromatic carbocycles. The van der Waals surface area contributed by atoms with Crippen LogP contribution in [-0.2, 0) is 27.8 Å². The van der Waals surface area contributed by atoms with Crippen molar-refractivity contribution in [3.8, 4) is 0 Å². The Morgan fingerprint density at radius 3 is 2.13 bits per heavy atom. The molecule has 0 unspecified atom stereocenters. The molecule has 0 spiro atoms. The monoisotopic (exact) mass is 310 g/mol. The lowest BCUT2D eigenvalue weighted by Gasteiger charge is -2.25. The van der Waals surface area contributed by atoms with Crippen molar-refractivity contribution in [3.05, 3.63) is 71.3 Å². The van der Waals surface area contributed by atoms with Crippen molar-refractivity contribution >= 4 is 5.97 Å². The van der Waals surface area contributed by atoms with Crippen LogP contribution in [0.25, 0.3) is 0 Å². The van der Waals surface area contributed by atoms with E-state index in [4.69, 9.17) is 0 Å². The molecule has 0 saturated carbocycles. The quantitative estimate of drug-likeness (QED) is 0.693. The van der Waals surface area contributed by atoms with E-state index in [-0.39, 0.29) is 11.4 Å². The first-order chi connectivity index (χ1) is 11.0. The summed E-state index contributed by atoms with van der Waals surface area (Å²) in [5, 5.41) is 0. The van der Waals surface area contributed by atoms with Gasteiger partial charge in [-0.25, -0.2) is 0 Å². The largest absolute Gasteiger partial charge is 0.469 e. The Kier molecular flexibility index (Phi) is 5.97. The highest BCUT2D eigenvalue weighted by Gasteiger charge is 2.20. The summed E-state index contributed by atoms with van der Waals surface area (Å²) in [6.45, 7) is 4.58. The van der Waals surface area contributed by atoms with E-state index < -0.39 is 0 Å². The van der Waals surface area contributed by atoms with E-state index in [9.17, 15) is 4.79 Å². The van der Waals surface area contributed by atoms with E-state index in [1.54, 1.807) is 0 Å². The number of carbonyl (C=O) groups excluding carboxylic acids is 1. The topological polar surface area (TPSA) is 26.3 Å². The molecule has 0 atom stereocenters. The van der Waals surface area contributed by atoms with E-state index in [0.29, 0.717) is 6.42 Å². The second kappa shape index (κ2) is 7.96. The predicted octanol–water partition coefficient (Wildman–Crippen LogP) is 4.70. The number of ether oxygens (including phenoxy) is 1. The first-order valence-electron chi connectivity index (χ1n) is 8.21. The molecule has 0 aliphatic heterocycles. The second-order valence-corrected chi connectivity index (χ2v) is 6.64. The average Bonchev–Trinajstić information content (AvgIpc) is 2.59. The molecule has 0 aromatic heterocycles. The molecule has 2 nitrogen and oxygen atoms in total. The van der Waals surface area contributed by atoms with E-state index in [1.807, 2.05) is 0 Å². The number of hydrogen-bond donors (Lipinski definition) is 0. The van der Waals surface area contributed by atoms with Gasteiger partial charge >= 0.3 is 5.97 Å². The van der Waals surface area contributed by atoms with Gasteiger partial charge in [0.2, 0.25) is 0 Å². The first kappa shape index (κ1) is 17.3. The molecule has 122 valence electrons. The summed E-state index contributed by atoms with van der Waals surface area (Å²) >= 11 is 0. The highest BCUT2D eigenvalue weighted by atomic mass is 16.5. The number of hydrogen-bond acceptors (Lipinski definition) is 2. The van der Waals surface area contributed by atoms with Gasteiger partial charge in [-0.1, -0.05) is 68.4 Å². The van der Waals surface area contributed by atoms with Gasteiger partial charge in [-0.15, -0.1) is 0 Å². The van der Waals surface area contributed by atoms with Crippen LogP contribution in [0, 0.1) is 0 Å². The fourth-order valence-electron chi connectivity index (χ4n) is 2.72. The molecule has 0 bridgehead atoms. The zero-order valence-corrected chi connectivity index (χ0v) is 14.3. The fraction of sp³-hybridized carbons (Fsp3) is 0.381. The van der Waals surface area contributed by atoms with E-state index in [0.717, 1.165) is 19.3 Å². The minimum atomic E-state index is -0.155.